The van der Waals surface area contributed by atoms with Gasteiger partial charge in [0.2, 0.25) is 5.82 Å². The molecule has 1 aliphatic carbocycles. The largest absolute Gasteiger partial charge is 1.00 e. The minimum absolute atomic E-state index is 0. The number of hydrogen-bond acceptors (Lipinski definition) is 2. The van der Waals surface area contributed by atoms with Crippen LogP contribution < -0.4 is 33.8 Å². The van der Waals surface area contributed by atoms with Crippen molar-refractivity contribution in [1.29, 1.82) is 0 Å². The number of nitrogens with zero attached hydrogens (tertiary/aromatic N) is 3. The Kier molecular flexibility index (Phi) is 7.82. The molecule has 3 atom stereocenters. The molecule has 2 aliphatic rings. The number of likely N-dealkylation sites (N-methyl/N-ethyl adjacent to an activating group) is 1. The summed E-state index contributed by atoms with van der Waals surface area (Å²) < 4.78 is 0.938. The molecule has 2 aromatic rings. The van der Waals surface area contributed by atoms with Gasteiger partial charge in [0.05, 0.1) is 25.7 Å². The third kappa shape index (κ3) is 4.16. The summed E-state index contributed by atoms with van der Waals surface area (Å²) in [7, 11) is 4.58. The molecule has 1 fully saturated rings. The lowest BCUT2D eigenvalue weighted by atomic mass is 9.73. The maximum atomic E-state index is 12.7. The number of amides is 2. The van der Waals surface area contributed by atoms with E-state index in [1.165, 1.54) is 27.8 Å². The number of fused-ring (bicyclic) bond motifs is 2. The van der Waals surface area contributed by atoms with Gasteiger partial charge in [-0.25, -0.2) is 4.79 Å². The highest BCUT2D eigenvalue weighted by Gasteiger charge is 2.43. The molecule has 7 heteroatoms. The Morgan fingerprint density at radius 2 is 1.91 bits per heavy atom. The van der Waals surface area contributed by atoms with E-state index in [2.05, 4.69) is 61.3 Å². The quantitative estimate of drug-likeness (QED) is 0.413. The Labute approximate surface area is 210 Å². The fourth-order valence-electron chi connectivity index (χ4n) is 5.89. The number of quaternary nitrogens is 1. The summed E-state index contributed by atoms with van der Waals surface area (Å²) in [6.45, 7) is 13.2. The van der Waals surface area contributed by atoms with Crippen LogP contribution in [-0.2, 0) is 6.42 Å². The molecule has 2 N–H and O–H groups in total. The molecule has 0 spiro atoms. The van der Waals surface area contributed by atoms with Crippen LogP contribution in [-0.4, -0.2) is 79.7 Å². The summed E-state index contributed by atoms with van der Waals surface area (Å²) in [5, 5.41) is 4.76. The number of piperidine rings is 1. The van der Waals surface area contributed by atoms with E-state index in [4.69, 9.17) is 0 Å². The topological polar surface area (TPSA) is 51.4 Å². The lowest BCUT2D eigenvalue weighted by Gasteiger charge is -2.46. The minimum Gasteiger partial charge on any atom is -1.00 e. The van der Waals surface area contributed by atoms with Gasteiger partial charge in [0.15, 0.2) is 0 Å². The van der Waals surface area contributed by atoms with Gasteiger partial charge < -0.3 is 44.1 Å². The van der Waals surface area contributed by atoms with Gasteiger partial charge in [0.25, 0.3) is 0 Å². The van der Waals surface area contributed by atoms with E-state index in [0.29, 0.717) is 12.0 Å². The zero-order valence-electron chi connectivity index (χ0n) is 20.5. The van der Waals surface area contributed by atoms with Crippen LogP contribution in [0.1, 0.15) is 51.2 Å². The molecule has 2 amide bonds. The molecule has 178 valence electrons. The van der Waals surface area contributed by atoms with Crippen molar-refractivity contribution in [2.24, 2.45) is 0 Å². The van der Waals surface area contributed by atoms with Crippen molar-refractivity contribution in [3.05, 3.63) is 29.3 Å². The van der Waals surface area contributed by atoms with Gasteiger partial charge in [-0.15, -0.1) is 0 Å². The van der Waals surface area contributed by atoms with Crippen molar-refractivity contribution >= 4 is 22.8 Å². The standard InChI is InChI=1S/C25H39N5O.HI/c1-7-29(8-2)25(31)26-17-14-19-18-12-11-13-21-23(18)20(15-22(19)28(5)16-17)24(27-21)30(6,9-3)10-4;/h11-13,17,19,22,27H,7-10,14-16H2,1-6H3;1H/t17-,19+,22+;/m0./s1. The Morgan fingerprint density at radius 3 is 2.53 bits per heavy atom. The summed E-state index contributed by atoms with van der Waals surface area (Å²) in [6.07, 6.45) is 2.09. The van der Waals surface area contributed by atoms with Gasteiger partial charge in [-0.3, -0.25) is 4.48 Å². The second-order valence-electron chi connectivity index (χ2n) is 9.62. The molecule has 6 nitrogen and oxygen atoms in total. The number of aromatic amines is 1. The first kappa shape index (κ1) is 25.3. The molecule has 4 rings (SSSR count). The lowest BCUT2D eigenvalue weighted by molar-refractivity contribution is -0.0000108. The van der Waals surface area contributed by atoms with Gasteiger partial charge in [-0.1, -0.05) is 12.1 Å². The molecule has 0 bridgehead atoms. The van der Waals surface area contributed by atoms with Gasteiger partial charge >= 0.3 is 6.03 Å². The SMILES string of the molecule is CCN(CC)C(=O)N[C@H]1C[C@@H]2c3cccc4[nH]c([N+](C)(CC)CC)c(c34)C[C@H]2N(C)C1.[I-]. The van der Waals surface area contributed by atoms with Crippen LogP contribution in [0.15, 0.2) is 18.2 Å². The average molecular weight is 554 g/mol. The first-order valence-corrected chi connectivity index (χ1v) is 12.1. The Bertz CT molecular complexity index is 949. The molecule has 0 radical (unpaired) electrons. The van der Waals surface area contributed by atoms with Crippen molar-refractivity contribution in [1.82, 2.24) is 24.6 Å². The number of H-pyrrole nitrogens is 1. The Balaban J connectivity index is 0.00000289. The van der Waals surface area contributed by atoms with E-state index in [-0.39, 0.29) is 36.0 Å². The molecule has 0 saturated carbocycles. The lowest BCUT2D eigenvalue weighted by Crippen LogP contribution is -3.00. The number of aromatic nitrogens is 1. The van der Waals surface area contributed by atoms with Crippen LogP contribution in [0.2, 0.25) is 0 Å². The van der Waals surface area contributed by atoms with Crippen molar-refractivity contribution in [2.45, 2.75) is 58.5 Å². The number of likely N-dealkylation sites (tertiary alicyclic amines) is 1. The van der Waals surface area contributed by atoms with Crippen molar-refractivity contribution in [2.75, 3.05) is 46.8 Å². The molecular formula is C25H40IN5O. The number of hydrogen-bond donors (Lipinski definition) is 2. The molecule has 1 aromatic carbocycles. The number of urea groups is 1. The second kappa shape index (κ2) is 9.89. The van der Waals surface area contributed by atoms with Crippen LogP contribution >= 0.6 is 0 Å². The molecule has 1 aliphatic heterocycles. The summed E-state index contributed by atoms with van der Waals surface area (Å²) in [5.74, 6) is 1.83. The molecule has 1 saturated heterocycles. The van der Waals surface area contributed by atoms with Crippen LogP contribution in [0, 0.1) is 0 Å². The number of nitrogens with one attached hydrogen (secondary N) is 2. The predicted octanol–water partition coefficient (Wildman–Crippen LogP) is 0.913. The fraction of sp³-hybridized carbons (Fsp3) is 0.640. The van der Waals surface area contributed by atoms with E-state index in [1.807, 2.05) is 18.7 Å². The first-order valence-electron chi connectivity index (χ1n) is 12.1. The highest BCUT2D eigenvalue weighted by atomic mass is 127. The summed E-state index contributed by atoms with van der Waals surface area (Å²) in [4.78, 5) is 20.9. The smallest absolute Gasteiger partial charge is 0.317 e. The summed E-state index contributed by atoms with van der Waals surface area (Å²) in [5.41, 5.74) is 4.23. The first-order chi connectivity index (χ1) is 14.9. The van der Waals surface area contributed by atoms with Gasteiger partial charge in [0, 0.05) is 48.6 Å². The second-order valence-corrected chi connectivity index (χ2v) is 9.62. The van der Waals surface area contributed by atoms with E-state index in [9.17, 15) is 4.79 Å². The molecule has 32 heavy (non-hydrogen) atoms. The van der Waals surface area contributed by atoms with E-state index >= 15 is 0 Å². The molecule has 1 aromatic heterocycles. The third-order valence-corrected chi connectivity index (χ3v) is 8.14. The van der Waals surface area contributed by atoms with E-state index < -0.39 is 0 Å². The highest BCUT2D eigenvalue weighted by molar-refractivity contribution is 5.93. The van der Waals surface area contributed by atoms with Crippen LogP contribution in [0.4, 0.5) is 10.6 Å². The van der Waals surface area contributed by atoms with Crippen molar-refractivity contribution < 1.29 is 28.8 Å². The number of carbonyl (C=O) groups excluding carboxylic acids is 1. The molecule has 2 heterocycles. The predicted molar refractivity (Wildman–Crippen MR) is 130 cm³/mol. The monoisotopic (exact) mass is 553 g/mol. The van der Waals surface area contributed by atoms with E-state index in [1.54, 1.807) is 0 Å². The van der Waals surface area contributed by atoms with Crippen LogP contribution in [0.3, 0.4) is 0 Å². The molecule has 0 unspecified atom stereocenters. The van der Waals surface area contributed by atoms with Gasteiger partial charge in [-0.2, -0.15) is 0 Å². The number of rotatable bonds is 6. The minimum atomic E-state index is 0. The normalized spacial score (nSPS) is 22.9. The zero-order valence-corrected chi connectivity index (χ0v) is 22.7. The number of carbonyl (C=O) groups is 1. The Hall–Kier alpha value is -1.32. The maximum absolute atomic E-state index is 12.7. The maximum Gasteiger partial charge on any atom is 0.317 e. The Morgan fingerprint density at radius 1 is 1.22 bits per heavy atom. The number of halogens is 1. The average Bonchev–Trinajstić information content (AvgIpc) is 3.15. The van der Waals surface area contributed by atoms with Gasteiger partial charge in [0.1, 0.15) is 0 Å². The van der Waals surface area contributed by atoms with Gasteiger partial charge in [-0.05, 0) is 59.2 Å². The zero-order chi connectivity index (χ0) is 22.3. The van der Waals surface area contributed by atoms with E-state index in [0.717, 1.165) is 50.0 Å². The third-order valence-electron chi connectivity index (χ3n) is 8.14. The van der Waals surface area contributed by atoms with Crippen LogP contribution in [0.5, 0.6) is 0 Å². The van der Waals surface area contributed by atoms with Crippen molar-refractivity contribution in [3.8, 4) is 0 Å². The number of benzene rings is 1. The highest BCUT2D eigenvalue weighted by Crippen LogP contribution is 2.46. The fourth-order valence-corrected chi connectivity index (χ4v) is 5.89. The summed E-state index contributed by atoms with van der Waals surface area (Å²) >= 11 is 0. The van der Waals surface area contributed by atoms with Crippen molar-refractivity contribution in [3.63, 3.8) is 0 Å². The molecular weight excluding hydrogens is 513 g/mol. The summed E-state index contributed by atoms with van der Waals surface area (Å²) in [6, 6.07) is 7.49. The van der Waals surface area contributed by atoms with Crippen LogP contribution in [0.25, 0.3) is 10.9 Å².